The number of nitrogens with one attached hydrogen (secondary N) is 1. The fraction of sp³-hybridized carbons (Fsp3) is 0.364. The van der Waals surface area contributed by atoms with Crippen LogP contribution in [0.4, 0.5) is 13.2 Å². The molecule has 0 spiro atoms. The van der Waals surface area contributed by atoms with E-state index >= 15 is 0 Å². The molecule has 0 amide bonds. The quantitative estimate of drug-likeness (QED) is 0.842. The van der Waals surface area contributed by atoms with Gasteiger partial charge in [0.15, 0.2) is 0 Å². The van der Waals surface area contributed by atoms with E-state index < -0.39 is 17.4 Å². The van der Waals surface area contributed by atoms with Gasteiger partial charge in [0.2, 0.25) is 5.84 Å². The predicted octanol–water partition coefficient (Wildman–Crippen LogP) is 3.21. The number of methoxy groups -OCH3 is 1. The number of ether oxygens (including phenoxy) is 1. The summed E-state index contributed by atoms with van der Waals surface area (Å²) in [6.45, 7) is 1.84. The van der Waals surface area contributed by atoms with Crippen LogP contribution in [0, 0.1) is 6.92 Å². The van der Waals surface area contributed by atoms with Gasteiger partial charge in [-0.2, -0.15) is 13.2 Å². The first kappa shape index (κ1) is 13.1. The summed E-state index contributed by atoms with van der Waals surface area (Å²) in [6, 6.07) is 5.22. The number of alkyl halides is 3. The van der Waals surface area contributed by atoms with Crippen molar-refractivity contribution in [3.05, 3.63) is 29.3 Å². The molecule has 1 N–H and O–H groups in total. The first-order valence-corrected chi connectivity index (χ1v) is 6.01. The lowest BCUT2D eigenvalue weighted by molar-refractivity contribution is -0.0605. The Morgan fingerprint density at radius 1 is 1.39 bits per heavy atom. The second kappa shape index (κ2) is 4.72. The summed E-state index contributed by atoms with van der Waals surface area (Å²) in [4.78, 5) is 3.63. The Balaban J connectivity index is 2.24. The molecule has 1 aliphatic rings. The summed E-state index contributed by atoms with van der Waals surface area (Å²) in [7, 11) is 1.55. The van der Waals surface area contributed by atoms with Crippen LogP contribution in [0.1, 0.15) is 16.5 Å². The fourth-order valence-electron chi connectivity index (χ4n) is 1.61. The summed E-state index contributed by atoms with van der Waals surface area (Å²) in [5.41, 5.74) is 1.58. The SMILES string of the molecule is COc1ccc(C2N=C(C(F)(F)F)NS2)cc1C. The third kappa shape index (κ3) is 2.55. The van der Waals surface area contributed by atoms with E-state index in [1.54, 1.807) is 25.3 Å². The smallest absolute Gasteiger partial charge is 0.449 e. The largest absolute Gasteiger partial charge is 0.496 e. The molecule has 1 aromatic carbocycles. The summed E-state index contributed by atoms with van der Waals surface area (Å²) in [5.74, 6) is -0.235. The molecule has 3 nitrogen and oxygen atoms in total. The molecule has 1 atom stereocenters. The van der Waals surface area contributed by atoms with Gasteiger partial charge in [0.1, 0.15) is 11.1 Å². The summed E-state index contributed by atoms with van der Waals surface area (Å²) in [5, 5.41) is -0.578. The molecule has 2 rings (SSSR count). The molecule has 1 aromatic rings. The average Bonchev–Trinajstić information content (AvgIpc) is 2.77. The van der Waals surface area contributed by atoms with E-state index in [0.717, 1.165) is 17.5 Å². The summed E-state index contributed by atoms with van der Waals surface area (Å²) in [6.07, 6.45) is -4.43. The van der Waals surface area contributed by atoms with E-state index in [4.69, 9.17) is 4.74 Å². The molecule has 0 radical (unpaired) electrons. The van der Waals surface area contributed by atoms with Crippen molar-refractivity contribution in [1.29, 1.82) is 0 Å². The van der Waals surface area contributed by atoms with Crippen LogP contribution < -0.4 is 9.46 Å². The van der Waals surface area contributed by atoms with Crippen LogP contribution in [0.2, 0.25) is 0 Å². The zero-order valence-corrected chi connectivity index (χ0v) is 10.5. The van der Waals surface area contributed by atoms with Gasteiger partial charge in [0.05, 0.1) is 7.11 Å². The van der Waals surface area contributed by atoms with Gasteiger partial charge in [-0.15, -0.1) is 0 Å². The lowest BCUT2D eigenvalue weighted by Crippen LogP contribution is -2.29. The van der Waals surface area contributed by atoms with E-state index in [0.29, 0.717) is 11.3 Å². The maximum absolute atomic E-state index is 12.4. The van der Waals surface area contributed by atoms with E-state index in [-0.39, 0.29) is 0 Å². The number of hydrogen-bond donors (Lipinski definition) is 1. The Morgan fingerprint density at radius 2 is 2.11 bits per heavy atom. The Morgan fingerprint density at radius 3 is 2.61 bits per heavy atom. The molecule has 0 bridgehead atoms. The Bertz CT molecular complexity index is 488. The molecule has 18 heavy (non-hydrogen) atoms. The standard InChI is InChI=1S/C11H11F3N2OS/c1-6-5-7(3-4-8(6)17-2)9-15-10(16-18-9)11(12,13)14/h3-5,9H,1-2H3,(H,15,16). The zero-order chi connectivity index (χ0) is 13.3. The van der Waals surface area contributed by atoms with Crippen molar-refractivity contribution < 1.29 is 17.9 Å². The monoisotopic (exact) mass is 276 g/mol. The van der Waals surface area contributed by atoms with Crippen molar-refractivity contribution >= 4 is 17.8 Å². The fourth-order valence-corrected chi connectivity index (χ4v) is 2.44. The predicted molar refractivity (Wildman–Crippen MR) is 64.7 cm³/mol. The number of amidine groups is 1. The van der Waals surface area contributed by atoms with Gasteiger partial charge in [-0.1, -0.05) is 6.07 Å². The Labute approximate surface area is 107 Å². The summed E-state index contributed by atoms with van der Waals surface area (Å²) < 4.78 is 44.6. The number of aryl methyl sites for hydroxylation is 1. The van der Waals surface area contributed by atoms with Crippen molar-refractivity contribution in [3.8, 4) is 5.75 Å². The first-order valence-electron chi connectivity index (χ1n) is 5.13. The van der Waals surface area contributed by atoms with E-state index in [2.05, 4.69) is 9.71 Å². The van der Waals surface area contributed by atoms with Crippen LogP contribution in [0.5, 0.6) is 5.75 Å². The van der Waals surface area contributed by atoms with Crippen LogP contribution in [0.25, 0.3) is 0 Å². The lowest BCUT2D eigenvalue weighted by atomic mass is 10.1. The average molecular weight is 276 g/mol. The molecule has 7 heteroatoms. The molecule has 0 saturated heterocycles. The number of rotatable bonds is 2. The lowest BCUT2D eigenvalue weighted by Gasteiger charge is -2.09. The van der Waals surface area contributed by atoms with Crippen molar-refractivity contribution in [3.63, 3.8) is 0 Å². The molecule has 0 saturated carbocycles. The highest BCUT2D eigenvalue weighted by molar-refractivity contribution is 7.98. The molecule has 0 aromatic heterocycles. The Kier molecular flexibility index (Phi) is 3.43. The summed E-state index contributed by atoms with van der Waals surface area (Å²) >= 11 is 0.938. The van der Waals surface area contributed by atoms with Gasteiger partial charge in [0.25, 0.3) is 0 Å². The third-order valence-corrected chi connectivity index (χ3v) is 3.40. The van der Waals surface area contributed by atoms with Crippen molar-refractivity contribution in [2.24, 2.45) is 4.99 Å². The number of nitrogens with zero attached hydrogens (tertiary/aromatic N) is 1. The van der Waals surface area contributed by atoms with E-state index in [1.807, 2.05) is 6.92 Å². The molecule has 0 aliphatic carbocycles. The number of benzene rings is 1. The third-order valence-electron chi connectivity index (χ3n) is 2.49. The topological polar surface area (TPSA) is 33.6 Å². The van der Waals surface area contributed by atoms with Gasteiger partial charge < -0.3 is 9.46 Å². The van der Waals surface area contributed by atoms with Gasteiger partial charge >= 0.3 is 6.18 Å². The highest BCUT2D eigenvalue weighted by Gasteiger charge is 2.40. The van der Waals surface area contributed by atoms with Gasteiger partial charge in [-0.05, 0) is 42.1 Å². The van der Waals surface area contributed by atoms with Crippen LogP contribution in [-0.2, 0) is 0 Å². The molecule has 1 unspecified atom stereocenters. The minimum atomic E-state index is -4.43. The van der Waals surface area contributed by atoms with Crippen molar-refractivity contribution in [2.45, 2.75) is 18.5 Å². The highest BCUT2D eigenvalue weighted by atomic mass is 32.2. The molecule has 98 valence electrons. The van der Waals surface area contributed by atoms with Crippen molar-refractivity contribution in [2.75, 3.05) is 7.11 Å². The Hall–Kier alpha value is -1.37. The van der Waals surface area contributed by atoms with Crippen molar-refractivity contribution in [1.82, 2.24) is 4.72 Å². The number of halogens is 3. The molecular formula is C11H11F3N2OS. The molecule has 1 heterocycles. The molecule has 1 aliphatic heterocycles. The van der Waals surface area contributed by atoms with Crippen LogP contribution in [0.3, 0.4) is 0 Å². The van der Waals surface area contributed by atoms with Crippen LogP contribution in [0.15, 0.2) is 23.2 Å². The van der Waals surface area contributed by atoms with Gasteiger partial charge in [0, 0.05) is 0 Å². The van der Waals surface area contributed by atoms with Crippen LogP contribution >= 0.6 is 11.9 Å². The van der Waals surface area contributed by atoms with E-state index in [9.17, 15) is 13.2 Å². The van der Waals surface area contributed by atoms with E-state index in [1.165, 1.54) is 0 Å². The molecular weight excluding hydrogens is 265 g/mol. The number of aliphatic imine (C=N–C) groups is 1. The minimum absolute atomic E-state index is 0.578. The van der Waals surface area contributed by atoms with Gasteiger partial charge in [-0.3, -0.25) is 0 Å². The zero-order valence-electron chi connectivity index (χ0n) is 9.71. The van der Waals surface area contributed by atoms with Gasteiger partial charge in [-0.25, -0.2) is 4.99 Å². The maximum atomic E-state index is 12.4. The highest BCUT2D eigenvalue weighted by Crippen LogP contribution is 2.37. The normalized spacial score (nSPS) is 19.4. The molecule has 0 fully saturated rings. The maximum Gasteiger partial charge on any atom is 0.449 e. The first-order chi connectivity index (χ1) is 8.41. The van der Waals surface area contributed by atoms with Crippen LogP contribution in [-0.4, -0.2) is 19.1 Å². The number of hydrogen-bond acceptors (Lipinski definition) is 4. The second-order valence-corrected chi connectivity index (χ2v) is 4.66. The second-order valence-electron chi connectivity index (χ2n) is 3.78. The minimum Gasteiger partial charge on any atom is -0.496 e.